The average molecular weight is 334 g/mol. The predicted molar refractivity (Wildman–Crippen MR) is 92.1 cm³/mol. The van der Waals surface area contributed by atoms with E-state index in [4.69, 9.17) is 5.41 Å². The Balaban J connectivity index is 2.23. The number of nitrogens with zero attached hydrogens (tertiary/aromatic N) is 3. The van der Waals surface area contributed by atoms with E-state index in [1.807, 2.05) is 17.5 Å². The van der Waals surface area contributed by atoms with Gasteiger partial charge in [0.1, 0.15) is 5.92 Å². The maximum absolute atomic E-state index is 9.87. The molecule has 5 heteroatoms. The molecule has 2 aliphatic carbocycles. The molecule has 4 atom stereocenters. The van der Waals surface area contributed by atoms with Crippen LogP contribution in [0.4, 0.5) is 0 Å². The molecule has 1 fully saturated rings. The number of hydrogen-bond acceptors (Lipinski definition) is 5. The van der Waals surface area contributed by atoms with Crippen molar-refractivity contribution in [1.29, 1.82) is 21.2 Å². The molecule has 4 nitrogen and oxygen atoms in total. The summed E-state index contributed by atoms with van der Waals surface area (Å²) >= 11 is 1.53. The van der Waals surface area contributed by atoms with E-state index in [9.17, 15) is 15.8 Å². The summed E-state index contributed by atoms with van der Waals surface area (Å²) in [5, 5.41) is 39.8. The maximum Gasteiger partial charge on any atom is 0.190 e. The van der Waals surface area contributed by atoms with E-state index in [0.29, 0.717) is 5.92 Å². The van der Waals surface area contributed by atoms with Gasteiger partial charge in [-0.25, -0.2) is 0 Å². The molecule has 1 N–H and O–H groups in total. The Hall–Kier alpha value is -2.42. The lowest BCUT2D eigenvalue weighted by Gasteiger charge is -2.46. The molecule has 0 bridgehead atoms. The lowest BCUT2D eigenvalue weighted by atomic mass is 9.53. The molecule has 24 heavy (non-hydrogen) atoms. The first-order valence-electron chi connectivity index (χ1n) is 8.17. The normalized spacial score (nSPS) is 31.1. The monoisotopic (exact) mass is 334 g/mol. The lowest BCUT2D eigenvalue weighted by molar-refractivity contribution is 0.273. The number of fused-ring (bicyclic) bond motifs is 1. The Bertz CT molecular complexity index is 786. The Morgan fingerprint density at radius 3 is 2.62 bits per heavy atom. The van der Waals surface area contributed by atoms with Crippen LogP contribution in [0, 0.1) is 62.6 Å². The minimum Gasteiger partial charge on any atom is -0.305 e. The second kappa shape index (κ2) is 6.23. The molecule has 0 spiro atoms. The standard InChI is InChI=1S/C19H18N4S/c1-2-12-5-6-13-14(8-12)17(16-4-3-7-24-16)19(10-21,11-22)18(23)15(13)9-20/h3-4,6-7,12,14-15,17,23H,2,5,8H2,1H3/t12-,14+,15?,17+/m1/s1. The average Bonchev–Trinajstić information content (AvgIpc) is 3.14. The van der Waals surface area contributed by atoms with Crippen molar-refractivity contribution in [3.63, 3.8) is 0 Å². The van der Waals surface area contributed by atoms with Crippen LogP contribution in [0.25, 0.3) is 0 Å². The van der Waals surface area contributed by atoms with E-state index in [0.717, 1.165) is 29.7 Å². The highest BCUT2D eigenvalue weighted by molar-refractivity contribution is 7.10. The molecule has 0 radical (unpaired) electrons. The van der Waals surface area contributed by atoms with Crippen LogP contribution >= 0.6 is 11.3 Å². The largest absolute Gasteiger partial charge is 0.305 e. The third-order valence-electron chi connectivity index (χ3n) is 5.53. The first-order chi connectivity index (χ1) is 11.6. The van der Waals surface area contributed by atoms with E-state index in [1.54, 1.807) is 0 Å². The lowest BCUT2D eigenvalue weighted by Crippen LogP contribution is -2.49. The summed E-state index contributed by atoms with van der Waals surface area (Å²) in [4.78, 5) is 0.965. The molecule has 1 saturated carbocycles. The number of hydrogen-bond donors (Lipinski definition) is 1. The Labute approximate surface area is 146 Å². The zero-order valence-corrected chi connectivity index (χ0v) is 14.3. The number of nitriles is 3. The van der Waals surface area contributed by atoms with Crippen molar-refractivity contribution in [2.75, 3.05) is 0 Å². The van der Waals surface area contributed by atoms with Gasteiger partial charge in [0.25, 0.3) is 0 Å². The fourth-order valence-corrected chi connectivity index (χ4v) is 5.17. The van der Waals surface area contributed by atoms with E-state index in [2.05, 4.69) is 31.2 Å². The van der Waals surface area contributed by atoms with Crippen LogP contribution in [0.3, 0.4) is 0 Å². The number of thiophene rings is 1. The van der Waals surface area contributed by atoms with E-state index in [-0.39, 0.29) is 17.5 Å². The molecular weight excluding hydrogens is 316 g/mol. The third-order valence-corrected chi connectivity index (χ3v) is 6.48. The van der Waals surface area contributed by atoms with Crippen LogP contribution in [0.1, 0.15) is 37.0 Å². The Morgan fingerprint density at radius 2 is 2.08 bits per heavy atom. The van der Waals surface area contributed by atoms with Crippen molar-refractivity contribution in [2.24, 2.45) is 23.2 Å². The summed E-state index contributed by atoms with van der Waals surface area (Å²) in [7, 11) is 0. The molecule has 1 unspecified atom stereocenters. The molecule has 0 saturated heterocycles. The van der Waals surface area contributed by atoms with Crippen LogP contribution in [0.15, 0.2) is 29.2 Å². The molecule has 0 aromatic carbocycles. The van der Waals surface area contributed by atoms with Crippen LogP contribution in [0.2, 0.25) is 0 Å². The van der Waals surface area contributed by atoms with Crippen molar-refractivity contribution < 1.29 is 0 Å². The van der Waals surface area contributed by atoms with E-state index >= 15 is 0 Å². The molecule has 0 aliphatic heterocycles. The fourth-order valence-electron chi connectivity index (χ4n) is 4.21. The molecule has 2 aliphatic rings. The summed E-state index contributed by atoms with van der Waals surface area (Å²) in [6.07, 6.45) is 4.93. The Morgan fingerprint density at radius 1 is 1.33 bits per heavy atom. The van der Waals surface area contributed by atoms with Crippen LogP contribution in [0.5, 0.6) is 0 Å². The van der Waals surface area contributed by atoms with Crippen molar-refractivity contribution in [1.82, 2.24) is 0 Å². The quantitative estimate of drug-likeness (QED) is 0.812. The second-order valence-corrected chi connectivity index (χ2v) is 7.54. The van der Waals surface area contributed by atoms with Crippen LogP contribution in [-0.2, 0) is 0 Å². The zero-order valence-electron chi connectivity index (χ0n) is 13.5. The molecule has 3 rings (SSSR count). The van der Waals surface area contributed by atoms with Gasteiger partial charge >= 0.3 is 0 Å². The third kappa shape index (κ3) is 2.19. The molecule has 1 aromatic heterocycles. The van der Waals surface area contributed by atoms with Gasteiger partial charge in [0.2, 0.25) is 0 Å². The van der Waals surface area contributed by atoms with Gasteiger partial charge in [-0.05, 0) is 41.7 Å². The zero-order chi connectivity index (χ0) is 17.3. The van der Waals surface area contributed by atoms with Crippen LogP contribution in [-0.4, -0.2) is 5.71 Å². The van der Waals surface area contributed by atoms with Crippen molar-refractivity contribution in [3.8, 4) is 18.2 Å². The van der Waals surface area contributed by atoms with E-state index in [1.165, 1.54) is 11.3 Å². The van der Waals surface area contributed by atoms with Crippen molar-refractivity contribution in [3.05, 3.63) is 34.0 Å². The van der Waals surface area contributed by atoms with Gasteiger partial charge < -0.3 is 5.41 Å². The summed E-state index contributed by atoms with van der Waals surface area (Å²) in [5.41, 5.74) is -0.652. The summed E-state index contributed by atoms with van der Waals surface area (Å²) in [5.74, 6) is -0.614. The summed E-state index contributed by atoms with van der Waals surface area (Å²) in [6.45, 7) is 2.15. The SMILES string of the molecule is CC[C@@H]1CC=C2C(C#N)C(=N)C(C#N)(C#N)[C@H](c3cccs3)[C@H]2C1. The topological polar surface area (TPSA) is 95.2 Å². The smallest absolute Gasteiger partial charge is 0.190 e. The molecule has 1 aromatic rings. The van der Waals surface area contributed by atoms with Gasteiger partial charge in [0.05, 0.1) is 23.9 Å². The molecule has 120 valence electrons. The van der Waals surface area contributed by atoms with Gasteiger partial charge in [0, 0.05) is 10.8 Å². The number of allylic oxidation sites excluding steroid dienone is 2. The van der Waals surface area contributed by atoms with Gasteiger partial charge in [-0.3, -0.25) is 0 Å². The van der Waals surface area contributed by atoms with Crippen LogP contribution < -0.4 is 0 Å². The first-order valence-corrected chi connectivity index (χ1v) is 9.05. The highest BCUT2D eigenvalue weighted by Gasteiger charge is 2.57. The number of nitrogens with one attached hydrogen (secondary N) is 1. The van der Waals surface area contributed by atoms with Crippen molar-refractivity contribution >= 4 is 17.0 Å². The van der Waals surface area contributed by atoms with Gasteiger partial charge in [-0.1, -0.05) is 25.5 Å². The second-order valence-electron chi connectivity index (χ2n) is 6.56. The van der Waals surface area contributed by atoms with E-state index < -0.39 is 11.3 Å². The molecule has 1 heterocycles. The minimum absolute atomic E-state index is 0.0135. The van der Waals surface area contributed by atoms with Crippen molar-refractivity contribution in [2.45, 2.75) is 32.1 Å². The maximum atomic E-state index is 9.87. The highest BCUT2D eigenvalue weighted by Crippen LogP contribution is 2.56. The fraction of sp³-hybridized carbons (Fsp3) is 0.474. The summed E-state index contributed by atoms with van der Waals surface area (Å²) < 4.78 is 0. The van der Waals surface area contributed by atoms with Gasteiger partial charge in [-0.2, -0.15) is 15.8 Å². The predicted octanol–water partition coefficient (Wildman–Crippen LogP) is 4.40. The minimum atomic E-state index is -1.55. The molecule has 0 amide bonds. The molecular formula is C19H18N4S. The summed E-state index contributed by atoms with van der Waals surface area (Å²) in [6, 6.07) is 10.3. The van der Waals surface area contributed by atoms with Gasteiger partial charge in [-0.15, -0.1) is 11.3 Å². The highest BCUT2D eigenvalue weighted by atomic mass is 32.1. The number of rotatable bonds is 2. The first kappa shape index (κ1) is 16.4. The van der Waals surface area contributed by atoms with Gasteiger partial charge in [0.15, 0.2) is 5.41 Å². The Kier molecular flexibility index (Phi) is 4.27.